The minimum Gasteiger partial charge on any atom is -0.367 e. The highest BCUT2D eigenvalue weighted by Gasteiger charge is 2.36. The lowest BCUT2D eigenvalue weighted by atomic mass is 10.0. The molecular formula is C17H23ClN8. The molecule has 0 amide bonds. The average molecular weight is 375 g/mol. The van der Waals surface area contributed by atoms with Crippen LogP contribution < -0.4 is 16.0 Å². The first kappa shape index (κ1) is 17.1. The third-order valence-corrected chi connectivity index (χ3v) is 5.23. The Morgan fingerprint density at radius 2 is 2.27 bits per heavy atom. The number of fused-ring (bicyclic) bond motifs is 1. The molecule has 1 aliphatic rings. The van der Waals surface area contributed by atoms with Gasteiger partial charge in [-0.3, -0.25) is 5.10 Å². The lowest BCUT2D eigenvalue weighted by Crippen LogP contribution is -2.48. The number of anilines is 2. The first-order valence-corrected chi connectivity index (χ1v) is 9.13. The largest absolute Gasteiger partial charge is 0.367 e. The van der Waals surface area contributed by atoms with E-state index in [1.807, 2.05) is 6.07 Å². The standard InChI is InChI=1S/C17H23ClN8/c1-10(2)12-5-13(25-24-12)21-7-17(19)3-4-26(8-17)16-14-11(18)6-20-15(14)22-9-23-16/h5-6,9-10H,3-4,7-8,19H2,1-2H3,(H,20,22,23)(H2,21,24,25)/t17-/m0/s1. The van der Waals surface area contributed by atoms with Gasteiger partial charge in [-0.25, -0.2) is 9.97 Å². The Morgan fingerprint density at radius 1 is 1.42 bits per heavy atom. The molecule has 0 aromatic carbocycles. The fraction of sp³-hybridized carbons (Fsp3) is 0.471. The zero-order valence-corrected chi connectivity index (χ0v) is 15.6. The van der Waals surface area contributed by atoms with Crippen LogP contribution in [0.1, 0.15) is 31.9 Å². The van der Waals surface area contributed by atoms with Gasteiger partial charge < -0.3 is 20.9 Å². The summed E-state index contributed by atoms with van der Waals surface area (Å²) in [4.78, 5) is 13.9. The first-order valence-electron chi connectivity index (χ1n) is 8.76. The second kappa shape index (κ2) is 6.44. The molecule has 0 aliphatic carbocycles. The molecule has 1 aliphatic heterocycles. The number of nitrogens with zero attached hydrogens (tertiary/aromatic N) is 4. The Bertz CT molecular complexity index is 917. The third kappa shape index (κ3) is 3.10. The Hall–Kier alpha value is -2.32. The summed E-state index contributed by atoms with van der Waals surface area (Å²) in [7, 11) is 0. The van der Waals surface area contributed by atoms with Crippen molar-refractivity contribution in [1.29, 1.82) is 0 Å². The zero-order valence-electron chi connectivity index (χ0n) is 14.9. The first-order chi connectivity index (χ1) is 12.5. The Labute approximate surface area is 156 Å². The van der Waals surface area contributed by atoms with Crippen molar-refractivity contribution < 1.29 is 0 Å². The third-order valence-electron chi connectivity index (χ3n) is 4.93. The molecule has 4 heterocycles. The van der Waals surface area contributed by atoms with Gasteiger partial charge in [-0.15, -0.1) is 0 Å². The van der Waals surface area contributed by atoms with Crippen LogP contribution in [0.4, 0.5) is 11.6 Å². The maximum Gasteiger partial charge on any atom is 0.148 e. The van der Waals surface area contributed by atoms with Gasteiger partial charge in [0.15, 0.2) is 0 Å². The second-order valence-electron chi connectivity index (χ2n) is 7.31. The second-order valence-corrected chi connectivity index (χ2v) is 7.72. The molecule has 0 spiro atoms. The van der Waals surface area contributed by atoms with Gasteiger partial charge in [0, 0.05) is 37.6 Å². The van der Waals surface area contributed by atoms with E-state index in [1.54, 1.807) is 12.5 Å². The highest BCUT2D eigenvalue weighted by molar-refractivity contribution is 6.36. The number of hydrogen-bond acceptors (Lipinski definition) is 6. The molecular weight excluding hydrogens is 352 g/mol. The van der Waals surface area contributed by atoms with Crippen molar-refractivity contribution >= 4 is 34.3 Å². The normalized spacial score (nSPS) is 20.4. The maximum atomic E-state index is 6.63. The minimum atomic E-state index is -0.364. The summed E-state index contributed by atoms with van der Waals surface area (Å²) in [6.07, 6.45) is 4.15. The fourth-order valence-electron chi connectivity index (χ4n) is 3.36. The number of nitrogens with two attached hydrogens (primary N) is 1. The minimum absolute atomic E-state index is 0.364. The predicted octanol–water partition coefficient (Wildman–Crippen LogP) is 2.48. The van der Waals surface area contributed by atoms with Crippen molar-refractivity contribution in [2.75, 3.05) is 29.9 Å². The van der Waals surface area contributed by atoms with Gasteiger partial charge in [0.05, 0.1) is 15.9 Å². The highest BCUT2D eigenvalue weighted by atomic mass is 35.5. The summed E-state index contributed by atoms with van der Waals surface area (Å²) in [5.74, 6) is 2.07. The number of rotatable bonds is 5. The van der Waals surface area contributed by atoms with E-state index in [0.29, 0.717) is 24.0 Å². The molecule has 9 heteroatoms. The van der Waals surface area contributed by atoms with Gasteiger partial charge >= 0.3 is 0 Å². The molecule has 4 rings (SSSR count). The predicted molar refractivity (Wildman–Crippen MR) is 104 cm³/mol. The topological polar surface area (TPSA) is 112 Å². The van der Waals surface area contributed by atoms with Crippen LogP contribution in [-0.2, 0) is 0 Å². The molecule has 26 heavy (non-hydrogen) atoms. The number of aromatic amines is 2. The number of halogens is 1. The molecule has 3 aromatic heterocycles. The summed E-state index contributed by atoms with van der Waals surface area (Å²) in [6.45, 7) is 6.41. The van der Waals surface area contributed by atoms with Crippen LogP contribution in [0.25, 0.3) is 11.0 Å². The van der Waals surface area contributed by atoms with E-state index in [0.717, 1.165) is 41.3 Å². The van der Waals surface area contributed by atoms with E-state index in [1.165, 1.54) is 0 Å². The van der Waals surface area contributed by atoms with Crippen LogP contribution in [0.3, 0.4) is 0 Å². The molecule has 5 N–H and O–H groups in total. The SMILES string of the molecule is CC(C)c1cc(NC[C@@]2(N)CCN(c3ncnc4[nH]cc(Cl)c34)C2)n[nH]1. The summed E-state index contributed by atoms with van der Waals surface area (Å²) in [5, 5.41) is 12.2. The van der Waals surface area contributed by atoms with Crippen LogP contribution in [0.5, 0.6) is 0 Å². The van der Waals surface area contributed by atoms with Crippen molar-refractivity contribution in [3.05, 3.63) is 29.3 Å². The average Bonchev–Trinajstić information content (AvgIpc) is 3.33. The fourth-order valence-corrected chi connectivity index (χ4v) is 3.59. The quantitative estimate of drug-likeness (QED) is 0.546. The van der Waals surface area contributed by atoms with E-state index < -0.39 is 0 Å². The van der Waals surface area contributed by atoms with Gasteiger partial charge in [0.25, 0.3) is 0 Å². The van der Waals surface area contributed by atoms with E-state index >= 15 is 0 Å². The van der Waals surface area contributed by atoms with E-state index in [9.17, 15) is 0 Å². The number of H-pyrrole nitrogens is 2. The Morgan fingerprint density at radius 3 is 3.04 bits per heavy atom. The van der Waals surface area contributed by atoms with Crippen molar-refractivity contribution in [2.24, 2.45) is 5.73 Å². The van der Waals surface area contributed by atoms with Crippen molar-refractivity contribution in [3.63, 3.8) is 0 Å². The van der Waals surface area contributed by atoms with Gasteiger partial charge in [-0.2, -0.15) is 5.10 Å². The Kier molecular flexibility index (Phi) is 4.24. The monoisotopic (exact) mass is 374 g/mol. The van der Waals surface area contributed by atoms with E-state index in [4.69, 9.17) is 17.3 Å². The van der Waals surface area contributed by atoms with Gasteiger partial charge in [0.2, 0.25) is 0 Å². The molecule has 1 atom stereocenters. The molecule has 3 aromatic rings. The smallest absolute Gasteiger partial charge is 0.148 e. The molecule has 0 radical (unpaired) electrons. The van der Waals surface area contributed by atoms with Crippen molar-refractivity contribution in [2.45, 2.75) is 31.7 Å². The summed E-state index contributed by atoms with van der Waals surface area (Å²) in [5.41, 5.74) is 8.12. The van der Waals surface area contributed by atoms with Crippen LogP contribution in [-0.4, -0.2) is 50.3 Å². The molecule has 1 saturated heterocycles. The molecule has 8 nitrogen and oxygen atoms in total. The molecule has 0 bridgehead atoms. The lowest BCUT2D eigenvalue weighted by Gasteiger charge is -2.25. The molecule has 1 fully saturated rings. The van der Waals surface area contributed by atoms with Gasteiger partial charge in [0.1, 0.15) is 23.6 Å². The lowest BCUT2D eigenvalue weighted by molar-refractivity contribution is 0.498. The van der Waals surface area contributed by atoms with Crippen molar-refractivity contribution in [3.8, 4) is 0 Å². The van der Waals surface area contributed by atoms with Crippen LogP contribution >= 0.6 is 11.6 Å². The Balaban J connectivity index is 1.47. The summed E-state index contributed by atoms with van der Waals surface area (Å²) >= 11 is 6.30. The van der Waals surface area contributed by atoms with E-state index in [-0.39, 0.29) is 5.54 Å². The summed E-state index contributed by atoms with van der Waals surface area (Å²) in [6, 6.07) is 2.04. The van der Waals surface area contributed by atoms with Crippen LogP contribution in [0, 0.1) is 0 Å². The molecule has 0 saturated carbocycles. The van der Waals surface area contributed by atoms with Crippen molar-refractivity contribution in [1.82, 2.24) is 25.1 Å². The number of aromatic nitrogens is 5. The number of hydrogen-bond donors (Lipinski definition) is 4. The number of nitrogens with one attached hydrogen (secondary N) is 3. The molecule has 0 unspecified atom stereocenters. The maximum absolute atomic E-state index is 6.63. The highest BCUT2D eigenvalue weighted by Crippen LogP contribution is 2.33. The van der Waals surface area contributed by atoms with E-state index in [2.05, 4.69) is 49.2 Å². The van der Waals surface area contributed by atoms with Gasteiger partial charge in [-0.1, -0.05) is 25.4 Å². The van der Waals surface area contributed by atoms with Crippen LogP contribution in [0.2, 0.25) is 5.02 Å². The molecule has 138 valence electrons. The van der Waals surface area contributed by atoms with Gasteiger partial charge in [-0.05, 0) is 12.3 Å². The zero-order chi connectivity index (χ0) is 18.3. The van der Waals surface area contributed by atoms with Crippen LogP contribution in [0.15, 0.2) is 18.6 Å². The summed E-state index contributed by atoms with van der Waals surface area (Å²) < 4.78 is 0.